The number of fused-ring (bicyclic) bond motifs is 1. The van der Waals surface area contributed by atoms with Crippen LogP contribution in [0.25, 0.3) is 10.9 Å². The minimum absolute atomic E-state index is 0.0116. The van der Waals surface area contributed by atoms with Gasteiger partial charge in [-0.3, -0.25) is 4.72 Å². The van der Waals surface area contributed by atoms with Crippen LogP contribution in [0.5, 0.6) is 11.5 Å². The van der Waals surface area contributed by atoms with E-state index in [1.165, 1.54) is 48.7 Å². The molecule has 184 valence electrons. The van der Waals surface area contributed by atoms with Gasteiger partial charge in [-0.1, -0.05) is 41.4 Å². The molecular formula is C23H17Cl2F3N2O4S. The van der Waals surface area contributed by atoms with E-state index in [-0.39, 0.29) is 30.2 Å². The summed E-state index contributed by atoms with van der Waals surface area (Å²) in [4.78, 5) is 2.22. The number of ether oxygens (including phenoxy) is 2. The highest BCUT2D eigenvalue weighted by Crippen LogP contribution is 2.36. The third-order valence-corrected chi connectivity index (χ3v) is 6.97. The Hall–Kier alpha value is -3.08. The van der Waals surface area contributed by atoms with Gasteiger partial charge >= 0.3 is 6.61 Å². The van der Waals surface area contributed by atoms with Gasteiger partial charge in [0.15, 0.2) is 11.6 Å². The first-order valence-electron chi connectivity index (χ1n) is 10.1. The predicted octanol–water partition coefficient (Wildman–Crippen LogP) is 6.64. The Bertz CT molecular complexity index is 1480. The molecule has 0 unspecified atom stereocenters. The van der Waals surface area contributed by atoms with Crippen molar-refractivity contribution in [3.63, 3.8) is 0 Å². The third kappa shape index (κ3) is 5.61. The molecule has 0 aliphatic heterocycles. The maximum absolute atomic E-state index is 15.1. The molecule has 0 saturated heterocycles. The molecular weight excluding hydrogens is 528 g/mol. The summed E-state index contributed by atoms with van der Waals surface area (Å²) in [6.45, 7) is -2.99. The summed E-state index contributed by atoms with van der Waals surface area (Å²) >= 11 is 12.2. The number of aromatic amines is 1. The molecule has 0 aliphatic rings. The lowest BCUT2D eigenvalue weighted by Crippen LogP contribution is -2.15. The minimum Gasteiger partial charge on any atom is -0.490 e. The van der Waals surface area contributed by atoms with E-state index in [2.05, 4.69) is 14.4 Å². The van der Waals surface area contributed by atoms with Gasteiger partial charge in [-0.25, -0.2) is 12.8 Å². The van der Waals surface area contributed by atoms with Crippen LogP contribution in [0.3, 0.4) is 0 Å². The molecule has 6 nitrogen and oxygen atoms in total. The molecule has 12 heteroatoms. The molecule has 0 atom stereocenters. The fraction of sp³-hybridized carbons (Fsp3) is 0.130. The van der Waals surface area contributed by atoms with Crippen molar-refractivity contribution in [3.8, 4) is 11.5 Å². The van der Waals surface area contributed by atoms with Crippen LogP contribution in [-0.2, 0) is 16.4 Å². The second-order valence-corrected chi connectivity index (χ2v) is 9.74. The minimum atomic E-state index is -4.35. The van der Waals surface area contributed by atoms with E-state index in [0.29, 0.717) is 26.5 Å². The van der Waals surface area contributed by atoms with E-state index >= 15 is 4.39 Å². The van der Waals surface area contributed by atoms with Crippen molar-refractivity contribution in [1.82, 2.24) is 4.98 Å². The van der Waals surface area contributed by atoms with Crippen molar-refractivity contribution < 1.29 is 31.1 Å². The van der Waals surface area contributed by atoms with Gasteiger partial charge in [0, 0.05) is 18.0 Å². The van der Waals surface area contributed by atoms with Crippen molar-refractivity contribution in [3.05, 3.63) is 82.2 Å². The monoisotopic (exact) mass is 544 g/mol. The quantitative estimate of drug-likeness (QED) is 0.247. The highest BCUT2D eigenvalue weighted by molar-refractivity contribution is 7.92. The Balaban J connectivity index is 1.50. The molecule has 4 aromatic rings. The standard InChI is InChI=1S/C23H17Cl2F3N2O4S/c24-15-7-8-17(22-20(15)16(25)12-29-22)30-35(31,32)19-6-2-5-18(21(19)26)33-10-9-13-3-1-4-14(11-13)34-23(27)28/h1-8,11-12,23,29-30H,9-10H2. The first-order valence-corrected chi connectivity index (χ1v) is 12.3. The Morgan fingerprint density at radius 2 is 1.80 bits per heavy atom. The van der Waals surface area contributed by atoms with Crippen molar-refractivity contribution >= 4 is 49.8 Å². The molecule has 0 bridgehead atoms. The number of H-pyrrole nitrogens is 1. The topological polar surface area (TPSA) is 80.4 Å². The van der Waals surface area contributed by atoms with E-state index in [0.717, 1.165) is 6.07 Å². The van der Waals surface area contributed by atoms with Gasteiger partial charge in [-0.05, 0) is 42.0 Å². The molecule has 0 spiro atoms. The largest absolute Gasteiger partial charge is 0.490 e. The Morgan fingerprint density at radius 3 is 2.57 bits per heavy atom. The number of benzene rings is 3. The maximum atomic E-state index is 15.1. The van der Waals surface area contributed by atoms with Crippen molar-refractivity contribution in [2.24, 2.45) is 0 Å². The average Bonchev–Trinajstić information content (AvgIpc) is 3.19. The lowest BCUT2D eigenvalue weighted by molar-refractivity contribution is -0.0498. The van der Waals surface area contributed by atoms with E-state index in [9.17, 15) is 17.2 Å². The molecule has 2 N–H and O–H groups in total. The summed E-state index contributed by atoms with van der Waals surface area (Å²) in [5.41, 5.74) is 1.09. The van der Waals surface area contributed by atoms with Crippen LogP contribution in [0.2, 0.25) is 10.0 Å². The SMILES string of the molecule is O=S(=O)(Nc1ccc(Cl)c2c(Cl)c[nH]c12)c1cccc(OCCc2cccc(OC(F)F)c2)c1F. The summed E-state index contributed by atoms with van der Waals surface area (Å²) in [5.74, 6) is -1.37. The van der Waals surface area contributed by atoms with E-state index < -0.39 is 27.3 Å². The second kappa shape index (κ2) is 10.3. The zero-order chi connectivity index (χ0) is 25.2. The van der Waals surface area contributed by atoms with Gasteiger partial charge < -0.3 is 14.5 Å². The number of sulfonamides is 1. The number of alkyl halides is 2. The number of rotatable bonds is 9. The number of nitrogens with one attached hydrogen (secondary N) is 2. The zero-order valence-electron chi connectivity index (χ0n) is 17.7. The molecule has 0 aliphatic carbocycles. The Labute approximate surface area is 208 Å². The molecule has 1 aromatic heterocycles. The third-order valence-electron chi connectivity index (χ3n) is 4.97. The highest BCUT2D eigenvalue weighted by Gasteiger charge is 2.24. The Kier molecular flexibility index (Phi) is 7.34. The average molecular weight is 545 g/mol. The normalized spacial score (nSPS) is 11.7. The number of aromatic nitrogens is 1. The van der Waals surface area contributed by atoms with Crippen LogP contribution in [-0.4, -0.2) is 26.6 Å². The number of hydrogen-bond donors (Lipinski definition) is 2. The molecule has 35 heavy (non-hydrogen) atoms. The van der Waals surface area contributed by atoms with Crippen molar-refractivity contribution in [2.45, 2.75) is 17.9 Å². The van der Waals surface area contributed by atoms with Crippen molar-refractivity contribution in [1.29, 1.82) is 0 Å². The van der Waals surface area contributed by atoms with Crippen LogP contribution in [0, 0.1) is 5.82 Å². The van der Waals surface area contributed by atoms with Crippen LogP contribution in [0.1, 0.15) is 5.56 Å². The zero-order valence-corrected chi connectivity index (χ0v) is 20.0. The van der Waals surface area contributed by atoms with Gasteiger partial charge in [0.2, 0.25) is 0 Å². The first kappa shape index (κ1) is 25.0. The van der Waals surface area contributed by atoms with Gasteiger partial charge in [0.1, 0.15) is 10.6 Å². The summed E-state index contributed by atoms with van der Waals surface area (Å²) in [6, 6.07) is 12.6. The fourth-order valence-electron chi connectivity index (χ4n) is 3.42. The lowest BCUT2D eigenvalue weighted by Gasteiger charge is -2.13. The van der Waals surface area contributed by atoms with Crippen LogP contribution in [0.15, 0.2) is 65.7 Å². The van der Waals surface area contributed by atoms with E-state index in [4.69, 9.17) is 27.9 Å². The summed E-state index contributed by atoms with van der Waals surface area (Å²) in [6.07, 6.45) is 1.70. The van der Waals surface area contributed by atoms with Gasteiger partial charge in [0.05, 0.1) is 27.9 Å². The summed E-state index contributed by atoms with van der Waals surface area (Å²) < 4.78 is 77.9. The molecule has 0 amide bonds. The smallest absolute Gasteiger partial charge is 0.387 e. The summed E-state index contributed by atoms with van der Waals surface area (Å²) in [7, 11) is -4.35. The second-order valence-electron chi connectivity index (χ2n) is 7.28. The molecule has 0 fully saturated rings. The predicted molar refractivity (Wildman–Crippen MR) is 128 cm³/mol. The number of hydrogen-bond acceptors (Lipinski definition) is 4. The number of anilines is 1. The van der Waals surface area contributed by atoms with Crippen LogP contribution >= 0.6 is 23.2 Å². The van der Waals surface area contributed by atoms with Crippen molar-refractivity contribution in [2.75, 3.05) is 11.3 Å². The molecule has 1 heterocycles. The van der Waals surface area contributed by atoms with Crippen LogP contribution in [0.4, 0.5) is 18.9 Å². The molecule has 4 rings (SSSR count). The lowest BCUT2D eigenvalue weighted by atomic mass is 10.1. The number of halogens is 5. The van der Waals surface area contributed by atoms with Gasteiger partial charge in [0.25, 0.3) is 10.0 Å². The fourth-order valence-corrected chi connectivity index (χ4v) is 5.14. The molecule has 0 saturated carbocycles. The summed E-state index contributed by atoms with van der Waals surface area (Å²) in [5, 5.41) is 1.05. The first-order chi connectivity index (χ1) is 16.7. The van der Waals surface area contributed by atoms with Gasteiger partial charge in [-0.2, -0.15) is 8.78 Å². The van der Waals surface area contributed by atoms with E-state index in [1.54, 1.807) is 6.07 Å². The van der Waals surface area contributed by atoms with Gasteiger partial charge in [-0.15, -0.1) is 0 Å². The Morgan fingerprint density at radius 1 is 1.03 bits per heavy atom. The van der Waals surface area contributed by atoms with E-state index in [1.807, 2.05) is 0 Å². The van der Waals surface area contributed by atoms with Crippen LogP contribution < -0.4 is 14.2 Å². The molecule has 0 radical (unpaired) electrons. The maximum Gasteiger partial charge on any atom is 0.387 e. The molecule has 3 aromatic carbocycles. The highest BCUT2D eigenvalue weighted by atomic mass is 35.5.